The third-order valence-corrected chi connectivity index (χ3v) is 0.981. The van der Waals surface area contributed by atoms with Crippen molar-refractivity contribution in [1.82, 2.24) is 0 Å². The molecule has 0 aliphatic rings. The maximum absolute atomic E-state index is 9.61. The number of unbranched alkanes of at least 4 members (excludes halogenated alkanes) is 1. The van der Waals surface area contributed by atoms with E-state index >= 15 is 0 Å². The summed E-state index contributed by atoms with van der Waals surface area (Å²) in [5.74, 6) is 0. The summed E-state index contributed by atoms with van der Waals surface area (Å²) in [7, 11) is -0.582. The highest BCUT2D eigenvalue weighted by Gasteiger charge is 1.87. The fraction of sp³-hybridized carbons (Fsp3) is 1.00. The lowest BCUT2D eigenvalue weighted by atomic mass is 10.4. The van der Waals surface area contributed by atoms with Gasteiger partial charge in [-0.2, -0.15) is 0 Å². The van der Waals surface area contributed by atoms with Gasteiger partial charge in [0.1, 0.15) is 6.61 Å². The highest BCUT2D eigenvalue weighted by molar-refractivity contribution is 7.17. The van der Waals surface area contributed by atoms with Crippen LogP contribution < -0.4 is 0 Å². The van der Waals surface area contributed by atoms with Crippen LogP contribution in [0.1, 0.15) is 19.8 Å². The Labute approximate surface area is 45.2 Å². The van der Waals surface area contributed by atoms with Gasteiger partial charge < -0.3 is 0 Å². The summed E-state index contributed by atoms with van der Waals surface area (Å²) in [5.41, 5.74) is 0. The van der Waals surface area contributed by atoms with E-state index in [2.05, 4.69) is 11.4 Å². The molecule has 0 aliphatic heterocycles. The second kappa shape index (κ2) is 6.06. The molecule has 0 aromatic carbocycles. The minimum Gasteiger partial charge on any atom is -0.148 e. The molecule has 0 saturated heterocycles. The molecular formula is C4H10O2P+. The molecule has 0 bridgehead atoms. The number of hydrogen-bond donors (Lipinski definition) is 0. The lowest BCUT2D eigenvalue weighted by Crippen LogP contribution is -1.79. The van der Waals surface area contributed by atoms with Crippen molar-refractivity contribution in [1.29, 1.82) is 0 Å². The summed E-state index contributed by atoms with van der Waals surface area (Å²) in [4.78, 5) is 0. The first-order valence-electron chi connectivity index (χ1n) is 2.40. The molecule has 1 unspecified atom stereocenters. The zero-order valence-corrected chi connectivity index (χ0v) is 5.44. The van der Waals surface area contributed by atoms with Crippen LogP contribution in [0.3, 0.4) is 0 Å². The largest absolute Gasteiger partial charge is 0.494 e. The van der Waals surface area contributed by atoms with E-state index in [0.717, 1.165) is 12.8 Å². The predicted molar refractivity (Wildman–Crippen MR) is 29.9 cm³/mol. The molecule has 0 aliphatic carbocycles. The Morgan fingerprint density at radius 1 is 1.71 bits per heavy atom. The molecule has 0 aromatic rings. The van der Waals surface area contributed by atoms with Crippen molar-refractivity contribution >= 4 is 8.69 Å². The predicted octanol–water partition coefficient (Wildman–Crippen LogP) is 1.74. The second-order valence-electron chi connectivity index (χ2n) is 1.29. The molecule has 0 N–H and O–H groups in total. The Kier molecular flexibility index (Phi) is 6.11. The van der Waals surface area contributed by atoms with Gasteiger partial charge >= 0.3 is 8.69 Å². The van der Waals surface area contributed by atoms with Gasteiger partial charge in [-0.1, -0.05) is 13.3 Å². The van der Waals surface area contributed by atoms with E-state index in [0.29, 0.717) is 6.61 Å². The van der Waals surface area contributed by atoms with E-state index in [1.54, 1.807) is 0 Å². The first-order valence-corrected chi connectivity index (χ1v) is 3.22. The van der Waals surface area contributed by atoms with Gasteiger partial charge in [0.25, 0.3) is 0 Å². The smallest absolute Gasteiger partial charge is 0.148 e. The van der Waals surface area contributed by atoms with Crippen LogP contribution in [0.2, 0.25) is 0 Å². The van der Waals surface area contributed by atoms with Gasteiger partial charge in [0.05, 0.1) is 0 Å². The molecular weight excluding hydrogens is 111 g/mol. The molecule has 0 amide bonds. The first-order chi connectivity index (χ1) is 3.41. The van der Waals surface area contributed by atoms with E-state index in [1.165, 1.54) is 0 Å². The highest BCUT2D eigenvalue weighted by Crippen LogP contribution is 1.96. The Balaban J connectivity index is 2.56. The standard InChI is InChI=1S/C4H10O2P/c1-2-3-4-6-7-5/h7H,2-4H2,1H3/q+1. The molecule has 0 radical (unpaired) electrons. The van der Waals surface area contributed by atoms with Gasteiger partial charge in [-0.25, -0.2) is 0 Å². The Morgan fingerprint density at radius 3 is 2.86 bits per heavy atom. The average Bonchev–Trinajstić information content (AvgIpc) is 1.69. The lowest BCUT2D eigenvalue weighted by molar-refractivity contribution is 0.334. The van der Waals surface area contributed by atoms with Crippen molar-refractivity contribution in [2.45, 2.75) is 19.8 Å². The molecule has 42 valence electrons. The van der Waals surface area contributed by atoms with Crippen molar-refractivity contribution in [2.75, 3.05) is 6.61 Å². The van der Waals surface area contributed by atoms with Crippen molar-refractivity contribution in [3.05, 3.63) is 0 Å². The van der Waals surface area contributed by atoms with E-state index in [1.807, 2.05) is 0 Å². The molecule has 0 rings (SSSR count). The average molecular weight is 121 g/mol. The molecule has 0 saturated carbocycles. The summed E-state index contributed by atoms with van der Waals surface area (Å²) in [6.07, 6.45) is 2.11. The van der Waals surface area contributed by atoms with E-state index in [9.17, 15) is 4.57 Å². The third-order valence-electron chi connectivity index (χ3n) is 0.659. The lowest BCUT2D eigenvalue weighted by Gasteiger charge is -1.81. The zero-order chi connectivity index (χ0) is 5.54. The normalized spacial score (nSPS) is 9.86. The fourth-order valence-electron chi connectivity index (χ4n) is 0.258. The van der Waals surface area contributed by atoms with Crippen LogP contribution in [0, 0.1) is 0 Å². The van der Waals surface area contributed by atoms with Crippen LogP contribution in [-0.2, 0) is 9.09 Å². The monoisotopic (exact) mass is 121 g/mol. The fourth-order valence-corrected chi connectivity index (χ4v) is 0.486. The quantitative estimate of drug-likeness (QED) is 0.418. The minimum absolute atomic E-state index is 0.582. The molecule has 0 aromatic heterocycles. The van der Waals surface area contributed by atoms with Crippen molar-refractivity contribution in [2.24, 2.45) is 0 Å². The van der Waals surface area contributed by atoms with Gasteiger partial charge in [-0.3, -0.25) is 0 Å². The van der Waals surface area contributed by atoms with Crippen LogP contribution in [0.4, 0.5) is 0 Å². The van der Waals surface area contributed by atoms with Crippen molar-refractivity contribution in [3.63, 3.8) is 0 Å². The molecule has 1 atom stereocenters. The molecule has 7 heavy (non-hydrogen) atoms. The van der Waals surface area contributed by atoms with Gasteiger partial charge in [0.2, 0.25) is 0 Å². The van der Waals surface area contributed by atoms with E-state index < -0.39 is 8.69 Å². The van der Waals surface area contributed by atoms with E-state index in [4.69, 9.17) is 0 Å². The van der Waals surface area contributed by atoms with Crippen LogP contribution in [0.25, 0.3) is 0 Å². The number of rotatable bonds is 4. The molecule has 0 fully saturated rings. The summed E-state index contributed by atoms with van der Waals surface area (Å²) in [6, 6.07) is 0. The Bertz CT molecular complexity index is 47.0. The van der Waals surface area contributed by atoms with Crippen molar-refractivity contribution < 1.29 is 9.09 Å². The Morgan fingerprint density at radius 2 is 2.43 bits per heavy atom. The SMILES string of the molecule is CCCCO[PH+]=O. The highest BCUT2D eigenvalue weighted by atomic mass is 31.1. The Hall–Kier alpha value is 0.0600. The van der Waals surface area contributed by atoms with Crippen LogP contribution in [0.5, 0.6) is 0 Å². The maximum atomic E-state index is 9.61. The topological polar surface area (TPSA) is 26.3 Å². The van der Waals surface area contributed by atoms with E-state index in [-0.39, 0.29) is 0 Å². The second-order valence-corrected chi connectivity index (χ2v) is 1.74. The zero-order valence-electron chi connectivity index (χ0n) is 4.44. The van der Waals surface area contributed by atoms with Gasteiger partial charge in [-0.15, -0.1) is 4.52 Å². The third kappa shape index (κ3) is 6.06. The van der Waals surface area contributed by atoms with Crippen LogP contribution >= 0.6 is 8.69 Å². The molecule has 3 heteroatoms. The number of hydrogen-bond acceptors (Lipinski definition) is 2. The maximum Gasteiger partial charge on any atom is 0.494 e. The van der Waals surface area contributed by atoms with Crippen molar-refractivity contribution in [3.8, 4) is 0 Å². The van der Waals surface area contributed by atoms with Gasteiger partial charge in [0, 0.05) is 0 Å². The van der Waals surface area contributed by atoms with Crippen LogP contribution in [-0.4, -0.2) is 6.61 Å². The summed E-state index contributed by atoms with van der Waals surface area (Å²) in [5, 5.41) is 0. The molecule has 2 nitrogen and oxygen atoms in total. The van der Waals surface area contributed by atoms with Gasteiger partial charge in [-0.05, 0) is 11.0 Å². The minimum atomic E-state index is -0.582. The molecule has 0 heterocycles. The van der Waals surface area contributed by atoms with Crippen LogP contribution in [0.15, 0.2) is 0 Å². The summed E-state index contributed by atoms with van der Waals surface area (Å²) in [6.45, 7) is 2.70. The summed E-state index contributed by atoms with van der Waals surface area (Å²) < 4.78 is 14.2. The first kappa shape index (κ1) is 7.06. The molecule has 0 spiro atoms. The van der Waals surface area contributed by atoms with Gasteiger partial charge in [0.15, 0.2) is 0 Å². The summed E-state index contributed by atoms with van der Waals surface area (Å²) >= 11 is 0.